The number of ether oxygens (including phenoxy) is 1. The van der Waals surface area contributed by atoms with E-state index in [0.29, 0.717) is 31.9 Å². The third-order valence-electron chi connectivity index (χ3n) is 5.02. The van der Waals surface area contributed by atoms with Gasteiger partial charge in [0.05, 0.1) is 6.21 Å². The fourth-order valence-corrected chi connectivity index (χ4v) is 3.77. The summed E-state index contributed by atoms with van der Waals surface area (Å²) in [7, 11) is 0. The Morgan fingerprint density at radius 1 is 0.971 bits per heavy atom. The van der Waals surface area contributed by atoms with Crippen LogP contribution in [0.5, 0.6) is 5.75 Å². The van der Waals surface area contributed by atoms with Crippen molar-refractivity contribution in [3.05, 3.63) is 98.5 Å². The molecule has 3 rings (SSSR count). The molecule has 0 aliphatic rings. The van der Waals surface area contributed by atoms with E-state index >= 15 is 0 Å². The van der Waals surface area contributed by atoms with Crippen LogP contribution in [-0.2, 0) is 11.4 Å². The molecule has 9 heteroatoms. The number of hydrazone groups is 1. The summed E-state index contributed by atoms with van der Waals surface area (Å²) in [5.41, 5.74) is 4.27. The van der Waals surface area contributed by atoms with Crippen molar-refractivity contribution in [1.29, 1.82) is 0 Å². The van der Waals surface area contributed by atoms with E-state index in [4.69, 9.17) is 39.5 Å². The van der Waals surface area contributed by atoms with Gasteiger partial charge in [-0.15, -0.1) is 0 Å². The van der Waals surface area contributed by atoms with Crippen molar-refractivity contribution in [2.75, 3.05) is 0 Å². The maximum absolute atomic E-state index is 12.7. The maximum atomic E-state index is 12.7. The third kappa shape index (κ3) is 7.72. The highest BCUT2D eigenvalue weighted by atomic mass is 35.5. The first-order chi connectivity index (χ1) is 16.7. The molecule has 0 spiro atoms. The topological polar surface area (TPSA) is 79.8 Å². The number of nitrogens with one attached hydrogen (secondary N) is 2. The van der Waals surface area contributed by atoms with Crippen LogP contribution in [-0.4, -0.2) is 24.1 Å². The van der Waals surface area contributed by atoms with Gasteiger partial charge in [-0.25, -0.2) is 5.43 Å². The van der Waals surface area contributed by atoms with E-state index in [0.717, 1.165) is 5.56 Å². The van der Waals surface area contributed by atoms with Crippen LogP contribution in [0.25, 0.3) is 0 Å². The van der Waals surface area contributed by atoms with E-state index in [1.807, 2.05) is 19.9 Å². The zero-order valence-corrected chi connectivity index (χ0v) is 21.4. The molecule has 0 heterocycles. The Kier molecular flexibility index (Phi) is 9.55. The number of halogens is 3. The molecular formula is C26H24Cl3N3O3. The zero-order chi connectivity index (χ0) is 25.4. The van der Waals surface area contributed by atoms with Gasteiger partial charge < -0.3 is 10.1 Å². The molecule has 0 saturated carbocycles. The lowest BCUT2D eigenvalue weighted by Gasteiger charge is -2.20. The summed E-state index contributed by atoms with van der Waals surface area (Å²) in [5, 5.41) is 8.31. The molecule has 2 amide bonds. The van der Waals surface area contributed by atoms with Gasteiger partial charge in [-0.3, -0.25) is 9.59 Å². The van der Waals surface area contributed by atoms with Crippen molar-refractivity contribution in [1.82, 2.24) is 10.7 Å². The standard InChI is InChI=1S/C26H24Cl3N3O3/c1-16(2)24(31-25(33)17-6-4-3-5-7-17)26(34)32-30-14-19-12-20(27)10-11-23(19)35-15-18-8-9-21(28)13-22(18)29/h3-14,16,24H,15H2,1-2H3,(H,31,33)(H,32,34)/b30-14+. The molecule has 0 radical (unpaired) electrons. The van der Waals surface area contributed by atoms with Crippen molar-refractivity contribution in [3.8, 4) is 5.75 Å². The number of benzene rings is 3. The van der Waals surface area contributed by atoms with Gasteiger partial charge in [0.15, 0.2) is 0 Å². The van der Waals surface area contributed by atoms with Gasteiger partial charge in [0.1, 0.15) is 18.4 Å². The summed E-state index contributed by atoms with van der Waals surface area (Å²) in [6.07, 6.45) is 1.43. The van der Waals surface area contributed by atoms with Gasteiger partial charge in [-0.2, -0.15) is 5.10 Å². The van der Waals surface area contributed by atoms with Crippen LogP contribution in [0.4, 0.5) is 0 Å². The first kappa shape index (κ1) is 26.5. The van der Waals surface area contributed by atoms with Crippen LogP contribution in [0.3, 0.4) is 0 Å². The second-order valence-electron chi connectivity index (χ2n) is 8.00. The van der Waals surface area contributed by atoms with Crippen molar-refractivity contribution in [2.45, 2.75) is 26.5 Å². The Bertz CT molecular complexity index is 1220. The van der Waals surface area contributed by atoms with E-state index in [1.165, 1.54) is 6.21 Å². The highest BCUT2D eigenvalue weighted by Gasteiger charge is 2.24. The predicted octanol–water partition coefficient (Wildman–Crippen LogP) is 6.13. The van der Waals surface area contributed by atoms with Gasteiger partial charge >= 0.3 is 0 Å². The summed E-state index contributed by atoms with van der Waals surface area (Å²) in [4.78, 5) is 25.2. The van der Waals surface area contributed by atoms with E-state index < -0.39 is 11.9 Å². The highest BCUT2D eigenvalue weighted by molar-refractivity contribution is 6.35. The first-order valence-electron chi connectivity index (χ1n) is 10.8. The van der Waals surface area contributed by atoms with Crippen LogP contribution < -0.4 is 15.5 Å². The lowest BCUT2D eigenvalue weighted by atomic mass is 10.0. The lowest BCUT2D eigenvalue weighted by Crippen LogP contribution is -2.48. The number of carbonyl (C=O) groups excluding carboxylic acids is 2. The molecule has 182 valence electrons. The van der Waals surface area contributed by atoms with Crippen LogP contribution >= 0.6 is 34.8 Å². The fourth-order valence-electron chi connectivity index (χ4n) is 3.13. The van der Waals surface area contributed by atoms with Crippen molar-refractivity contribution in [3.63, 3.8) is 0 Å². The molecular weight excluding hydrogens is 509 g/mol. The smallest absolute Gasteiger partial charge is 0.262 e. The molecule has 3 aromatic rings. The van der Waals surface area contributed by atoms with E-state index in [1.54, 1.807) is 60.7 Å². The number of amides is 2. The predicted molar refractivity (Wildman–Crippen MR) is 141 cm³/mol. The molecule has 0 fully saturated rings. The van der Waals surface area contributed by atoms with Crippen molar-refractivity contribution in [2.24, 2.45) is 11.0 Å². The van der Waals surface area contributed by atoms with Gasteiger partial charge in [0, 0.05) is 31.8 Å². The number of nitrogens with zero attached hydrogens (tertiary/aromatic N) is 1. The first-order valence-corrected chi connectivity index (χ1v) is 11.9. The minimum atomic E-state index is -0.776. The minimum Gasteiger partial charge on any atom is -0.488 e. The Labute approximate surface area is 219 Å². The van der Waals surface area contributed by atoms with Crippen molar-refractivity contribution >= 4 is 52.8 Å². The van der Waals surface area contributed by atoms with Gasteiger partial charge in [-0.05, 0) is 48.4 Å². The lowest BCUT2D eigenvalue weighted by molar-refractivity contribution is -0.123. The minimum absolute atomic E-state index is 0.160. The molecule has 0 aromatic heterocycles. The SMILES string of the molecule is CC(C)C(NC(=O)c1ccccc1)C(=O)N/N=C/c1cc(Cl)ccc1OCc1ccc(Cl)cc1Cl. The number of hydrogen-bond acceptors (Lipinski definition) is 4. The molecule has 1 atom stereocenters. The van der Waals surface area contributed by atoms with Crippen LogP contribution in [0.1, 0.15) is 35.3 Å². The van der Waals surface area contributed by atoms with Gasteiger partial charge in [-0.1, -0.05) is 72.9 Å². The molecule has 6 nitrogen and oxygen atoms in total. The Morgan fingerprint density at radius 3 is 2.34 bits per heavy atom. The van der Waals surface area contributed by atoms with Crippen LogP contribution in [0.2, 0.25) is 15.1 Å². The normalized spacial score (nSPS) is 11.9. The maximum Gasteiger partial charge on any atom is 0.262 e. The Morgan fingerprint density at radius 2 is 1.66 bits per heavy atom. The molecule has 2 N–H and O–H groups in total. The summed E-state index contributed by atoms with van der Waals surface area (Å²) in [6, 6.07) is 18.1. The molecule has 35 heavy (non-hydrogen) atoms. The van der Waals surface area contributed by atoms with Crippen LogP contribution in [0, 0.1) is 5.92 Å². The Hall–Kier alpha value is -3.06. The zero-order valence-electron chi connectivity index (χ0n) is 19.1. The fraction of sp³-hybridized carbons (Fsp3) is 0.192. The third-order valence-corrected chi connectivity index (χ3v) is 5.84. The molecule has 0 aliphatic carbocycles. The Balaban J connectivity index is 1.67. The highest BCUT2D eigenvalue weighted by Crippen LogP contribution is 2.25. The molecule has 3 aromatic carbocycles. The summed E-state index contributed by atoms with van der Waals surface area (Å²) in [6.45, 7) is 3.87. The van der Waals surface area contributed by atoms with Crippen LogP contribution in [0.15, 0.2) is 71.8 Å². The van der Waals surface area contributed by atoms with Gasteiger partial charge in [0.25, 0.3) is 11.8 Å². The molecule has 1 unspecified atom stereocenters. The average Bonchev–Trinajstić information content (AvgIpc) is 2.83. The largest absolute Gasteiger partial charge is 0.488 e. The van der Waals surface area contributed by atoms with E-state index in [-0.39, 0.29) is 18.4 Å². The molecule has 0 saturated heterocycles. The van der Waals surface area contributed by atoms with E-state index in [2.05, 4.69) is 15.8 Å². The monoisotopic (exact) mass is 531 g/mol. The van der Waals surface area contributed by atoms with Gasteiger partial charge in [0.2, 0.25) is 0 Å². The van der Waals surface area contributed by atoms with E-state index in [9.17, 15) is 9.59 Å². The second-order valence-corrected chi connectivity index (χ2v) is 9.28. The molecule has 0 aliphatic heterocycles. The van der Waals surface area contributed by atoms with Crippen molar-refractivity contribution < 1.29 is 14.3 Å². The summed E-state index contributed by atoms with van der Waals surface area (Å²) in [5.74, 6) is -0.448. The number of hydrogen-bond donors (Lipinski definition) is 2. The quantitative estimate of drug-likeness (QED) is 0.257. The average molecular weight is 533 g/mol. The summed E-state index contributed by atoms with van der Waals surface area (Å²) >= 11 is 18.3. The number of carbonyl (C=O) groups is 2. The summed E-state index contributed by atoms with van der Waals surface area (Å²) < 4.78 is 5.90. The second kappa shape index (κ2) is 12.6. The number of rotatable bonds is 9. The molecule has 0 bridgehead atoms.